The average Bonchev–Trinajstić information content (AvgIpc) is 3.24. The van der Waals surface area contributed by atoms with Crippen molar-refractivity contribution in [3.63, 3.8) is 0 Å². The monoisotopic (exact) mass is 399 g/mol. The van der Waals surface area contributed by atoms with Gasteiger partial charge in [-0.1, -0.05) is 29.8 Å². The maximum atomic E-state index is 13.0. The van der Waals surface area contributed by atoms with Gasteiger partial charge in [0, 0.05) is 18.0 Å². The molecule has 1 N–H and O–H groups in total. The molecule has 0 aliphatic rings. The zero-order valence-corrected chi connectivity index (χ0v) is 16.5. The third-order valence-corrected chi connectivity index (χ3v) is 4.74. The standard InChI is InChI=1S/C22H22ClNO4/c1-26-20-10-5-15(12-21(20)27-2)14-24-22(25)19(13-18-4-3-11-28-18)16-6-8-17(23)9-7-16/h3-12,19H,13-14H2,1-2H3,(H,24,25). The fourth-order valence-corrected chi connectivity index (χ4v) is 3.12. The molecule has 0 radical (unpaired) electrons. The highest BCUT2D eigenvalue weighted by Crippen LogP contribution is 2.28. The summed E-state index contributed by atoms with van der Waals surface area (Å²) >= 11 is 5.99. The smallest absolute Gasteiger partial charge is 0.228 e. The van der Waals surface area contributed by atoms with Crippen LogP contribution in [0.15, 0.2) is 65.3 Å². The number of carbonyl (C=O) groups excluding carboxylic acids is 1. The molecule has 1 aromatic heterocycles. The molecule has 1 unspecified atom stereocenters. The largest absolute Gasteiger partial charge is 0.493 e. The number of rotatable bonds is 8. The Labute approximate surface area is 169 Å². The van der Waals surface area contributed by atoms with E-state index in [-0.39, 0.29) is 11.8 Å². The predicted molar refractivity (Wildman–Crippen MR) is 108 cm³/mol. The molecular formula is C22H22ClNO4. The number of nitrogens with one attached hydrogen (secondary N) is 1. The van der Waals surface area contributed by atoms with Gasteiger partial charge >= 0.3 is 0 Å². The van der Waals surface area contributed by atoms with Crippen LogP contribution in [0, 0.1) is 0 Å². The van der Waals surface area contributed by atoms with Crippen LogP contribution in [-0.2, 0) is 17.8 Å². The van der Waals surface area contributed by atoms with E-state index in [1.54, 1.807) is 32.6 Å². The van der Waals surface area contributed by atoms with Crippen molar-refractivity contribution in [3.8, 4) is 11.5 Å². The molecule has 1 atom stereocenters. The van der Waals surface area contributed by atoms with E-state index in [2.05, 4.69) is 5.32 Å². The van der Waals surface area contributed by atoms with Crippen molar-refractivity contribution in [2.24, 2.45) is 0 Å². The van der Waals surface area contributed by atoms with Crippen LogP contribution in [0.5, 0.6) is 11.5 Å². The third kappa shape index (κ3) is 4.87. The number of carbonyl (C=O) groups is 1. The van der Waals surface area contributed by atoms with Crippen molar-refractivity contribution in [1.29, 1.82) is 0 Å². The summed E-state index contributed by atoms with van der Waals surface area (Å²) in [5.41, 5.74) is 1.80. The Kier molecular flexibility index (Phi) is 6.61. The van der Waals surface area contributed by atoms with E-state index < -0.39 is 0 Å². The zero-order valence-electron chi connectivity index (χ0n) is 15.8. The van der Waals surface area contributed by atoms with Crippen LogP contribution >= 0.6 is 11.6 Å². The second-order valence-electron chi connectivity index (χ2n) is 6.29. The molecule has 0 aliphatic heterocycles. The van der Waals surface area contributed by atoms with Gasteiger partial charge in [-0.15, -0.1) is 0 Å². The van der Waals surface area contributed by atoms with Gasteiger partial charge in [0.25, 0.3) is 0 Å². The minimum Gasteiger partial charge on any atom is -0.493 e. The van der Waals surface area contributed by atoms with E-state index >= 15 is 0 Å². The molecule has 0 fully saturated rings. The van der Waals surface area contributed by atoms with Crippen molar-refractivity contribution >= 4 is 17.5 Å². The first-order valence-electron chi connectivity index (χ1n) is 8.87. The van der Waals surface area contributed by atoms with E-state index in [0.717, 1.165) is 16.9 Å². The lowest BCUT2D eigenvalue weighted by Crippen LogP contribution is -2.30. The van der Waals surface area contributed by atoms with Gasteiger partial charge in [-0.25, -0.2) is 0 Å². The molecule has 6 heteroatoms. The maximum Gasteiger partial charge on any atom is 0.228 e. The molecule has 3 rings (SSSR count). The summed E-state index contributed by atoms with van der Waals surface area (Å²) in [6.07, 6.45) is 2.07. The Bertz CT molecular complexity index is 907. The summed E-state index contributed by atoms with van der Waals surface area (Å²) in [4.78, 5) is 13.0. The quantitative estimate of drug-likeness (QED) is 0.601. The predicted octanol–water partition coefficient (Wildman–Crippen LogP) is 4.59. The van der Waals surface area contributed by atoms with Gasteiger partial charge in [0.15, 0.2) is 11.5 Å². The second kappa shape index (κ2) is 9.33. The van der Waals surface area contributed by atoms with E-state index in [4.69, 9.17) is 25.5 Å². The van der Waals surface area contributed by atoms with Crippen LogP contribution in [0.1, 0.15) is 22.8 Å². The molecule has 2 aromatic carbocycles. The molecule has 3 aromatic rings. The van der Waals surface area contributed by atoms with Gasteiger partial charge in [0.2, 0.25) is 5.91 Å². The molecule has 1 heterocycles. The SMILES string of the molecule is COc1ccc(CNC(=O)C(Cc2ccco2)c2ccc(Cl)cc2)cc1OC. The first-order chi connectivity index (χ1) is 13.6. The lowest BCUT2D eigenvalue weighted by Gasteiger charge is -2.17. The fourth-order valence-electron chi connectivity index (χ4n) is 2.99. The molecule has 1 amide bonds. The number of hydrogen-bond acceptors (Lipinski definition) is 4. The molecule has 5 nitrogen and oxygen atoms in total. The average molecular weight is 400 g/mol. The molecular weight excluding hydrogens is 378 g/mol. The molecule has 0 spiro atoms. The summed E-state index contributed by atoms with van der Waals surface area (Å²) in [6, 6.07) is 16.5. The highest BCUT2D eigenvalue weighted by atomic mass is 35.5. The van der Waals surface area contributed by atoms with E-state index in [1.807, 2.05) is 42.5 Å². The molecule has 146 valence electrons. The van der Waals surface area contributed by atoms with Crippen molar-refractivity contribution in [2.45, 2.75) is 18.9 Å². The normalized spacial score (nSPS) is 11.7. The number of methoxy groups -OCH3 is 2. The first-order valence-corrected chi connectivity index (χ1v) is 9.25. The topological polar surface area (TPSA) is 60.7 Å². The number of ether oxygens (including phenoxy) is 2. The Morgan fingerprint density at radius 2 is 1.82 bits per heavy atom. The number of hydrogen-bond donors (Lipinski definition) is 1. The number of amides is 1. The van der Waals surface area contributed by atoms with Crippen LogP contribution in [-0.4, -0.2) is 20.1 Å². The highest BCUT2D eigenvalue weighted by Gasteiger charge is 2.22. The highest BCUT2D eigenvalue weighted by molar-refractivity contribution is 6.30. The van der Waals surface area contributed by atoms with E-state index in [0.29, 0.717) is 29.5 Å². The van der Waals surface area contributed by atoms with Crippen LogP contribution in [0.4, 0.5) is 0 Å². The van der Waals surface area contributed by atoms with Crippen LogP contribution in [0.25, 0.3) is 0 Å². The first kappa shape index (κ1) is 19.8. The van der Waals surface area contributed by atoms with Crippen LogP contribution in [0.3, 0.4) is 0 Å². The Morgan fingerprint density at radius 3 is 2.46 bits per heavy atom. The fraction of sp³-hybridized carbons (Fsp3) is 0.227. The van der Waals surface area contributed by atoms with Gasteiger partial charge in [0.05, 0.1) is 26.4 Å². The van der Waals surface area contributed by atoms with Crippen molar-refractivity contribution < 1.29 is 18.7 Å². The van der Waals surface area contributed by atoms with Gasteiger partial charge in [-0.05, 0) is 47.5 Å². The van der Waals surface area contributed by atoms with Crippen molar-refractivity contribution in [3.05, 3.63) is 82.8 Å². The number of benzene rings is 2. The van der Waals surface area contributed by atoms with Crippen LogP contribution < -0.4 is 14.8 Å². The van der Waals surface area contributed by atoms with Gasteiger partial charge in [-0.3, -0.25) is 4.79 Å². The summed E-state index contributed by atoms with van der Waals surface area (Å²) < 4.78 is 16.0. The Hall–Kier alpha value is -2.92. The van der Waals surface area contributed by atoms with Crippen LogP contribution in [0.2, 0.25) is 5.02 Å². The second-order valence-corrected chi connectivity index (χ2v) is 6.73. The Morgan fingerprint density at radius 1 is 1.07 bits per heavy atom. The van der Waals surface area contributed by atoms with E-state index in [9.17, 15) is 4.79 Å². The summed E-state index contributed by atoms with van der Waals surface area (Å²) in [7, 11) is 3.17. The maximum absolute atomic E-state index is 13.0. The lowest BCUT2D eigenvalue weighted by atomic mass is 9.93. The zero-order chi connectivity index (χ0) is 19.9. The van der Waals surface area contributed by atoms with Crippen molar-refractivity contribution in [1.82, 2.24) is 5.32 Å². The summed E-state index contributed by atoms with van der Waals surface area (Å²) in [6.45, 7) is 0.376. The molecule has 0 saturated carbocycles. The number of furan rings is 1. The molecule has 0 aliphatic carbocycles. The van der Waals surface area contributed by atoms with Gasteiger partial charge in [0.1, 0.15) is 5.76 Å². The third-order valence-electron chi connectivity index (χ3n) is 4.49. The molecule has 0 saturated heterocycles. The minimum atomic E-state index is -0.386. The summed E-state index contributed by atoms with van der Waals surface area (Å²) in [5, 5.41) is 3.63. The number of halogens is 1. The minimum absolute atomic E-state index is 0.0893. The molecule has 0 bridgehead atoms. The van der Waals surface area contributed by atoms with Gasteiger partial charge in [-0.2, -0.15) is 0 Å². The lowest BCUT2D eigenvalue weighted by molar-refractivity contribution is -0.122. The van der Waals surface area contributed by atoms with E-state index in [1.165, 1.54) is 0 Å². The Balaban J connectivity index is 1.74. The van der Waals surface area contributed by atoms with Crippen molar-refractivity contribution in [2.75, 3.05) is 14.2 Å². The summed E-state index contributed by atoms with van der Waals surface area (Å²) in [5.74, 6) is 1.55. The molecule has 28 heavy (non-hydrogen) atoms. The van der Waals surface area contributed by atoms with Gasteiger partial charge < -0.3 is 19.2 Å².